The number of nitrogens with zero attached hydrogens (tertiary/aromatic N) is 3. The predicted molar refractivity (Wildman–Crippen MR) is 108 cm³/mol. The van der Waals surface area contributed by atoms with Gasteiger partial charge >= 0.3 is 0 Å². The second-order valence-corrected chi connectivity index (χ2v) is 7.62. The molecule has 0 atom stereocenters. The fourth-order valence-electron chi connectivity index (χ4n) is 3.66. The normalized spacial score (nSPS) is 15.6. The molecule has 0 amide bonds. The van der Waals surface area contributed by atoms with Crippen LogP contribution in [-0.4, -0.2) is 28.0 Å². The van der Waals surface area contributed by atoms with Crippen LogP contribution in [0.1, 0.15) is 24.6 Å². The molecule has 0 bridgehead atoms. The van der Waals surface area contributed by atoms with Crippen molar-refractivity contribution in [1.82, 2.24) is 15.0 Å². The van der Waals surface area contributed by atoms with E-state index in [1.165, 1.54) is 5.56 Å². The number of aromatic amines is 1. The Morgan fingerprint density at radius 2 is 1.69 bits per heavy atom. The van der Waals surface area contributed by atoms with E-state index >= 15 is 0 Å². The molecule has 0 saturated carbocycles. The molecule has 26 heavy (non-hydrogen) atoms. The van der Waals surface area contributed by atoms with E-state index in [4.69, 9.17) is 9.97 Å². The van der Waals surface area contributed by atoms with Crippen LogP contribution in [0, 0.1) is 0 Å². The maximum Gasteiger partial charge on any atom is 0.185 e. The van der Waals surface area contributed by atoms with Crippen LogP contribution in [0.5, 0.6) is 0 Å². The van der Waals surface area contributed by atoms with Gasteiger partial charge in [0.1, 0.15) is 5.82 Å². The van der Waals surface area contributed by atoms with E-state index in [2.05, 4.69) is 57.7 Å². The third-order valence-corrected chi connectivity index (χ3v) is 6.02. The van der Waals surface area contributed by atoms with Crippen molar-refractivity contribution in [2.45, 2.75) is 18.8 Å². The Hall–Kier alpha value is -2.66. The Morgan fingerprint density at radius 3 is 2.50 bits per heavy atom. The number of hydrogen-bond acceptors (Lipinski definition) is 4. The van der Waals surface area contributed by atoms with Crippen molar-refractivity contribution in [3.05, 3.63) is 65.8 Å². The summed E-state index contributed by atoms with van der Waals surface area (Å²) in [6, 6.07) is 18.7. The van der Waals surface area contributed by atoms with E-state index in [9.17, 15) is 0 Å². The van der Waals surface area contributed by atoms with Gasteiger partial charge in [0.25, 0.3) is 0 Å². The number of thiazole rings is 1. The molecule has 1 aliphatic rings. The number of para-hydroxylation sites is 2. The first kappa shape index (κ1) is 15.6. The minimum atomic E-state index is 0.507. The molecule has 1 aliphatic heterocycles. The van der Waals surface area contributed by atoms with Crippen LogP contribution in [-0.2, 0) is 0 Å². The highest BCUT2D eigenvalue weighted by Crippen LogP contribution is 2.33. The first-order valence-corrected chi connectivity index (χ1v) is 9.95. The molecule has 130 valence electrons. The lowest BCUT2D eigenvalue weighted by atomic mass is 9.96. The van der Waals surface area contributed by atoms with Gasteiger partial charge < -0.3 is 9.88 Å². The van der Waals surface area contributed by atoms with Gasteiger partial charge in [-0.25, -0.2) is 9.97 Å². The average Bonchev–Trinajstić information content (AvgIpc) is 3.36. The Morgan fingerprint density at radius 1 is 0.923 bits per heavy atom. The molecule has 0 aliphatic carbocycles. The van der Waals surface area contributed by atoms with E-state index in [1.54, 1.807) is 11.3 Å². The fraction of sp³-hybridized carbons (Fsp3) is 0.238. The number of aromatic nitrogens is 3. The smallest absolute Gasteiger partial charge is 0.185 e. The molecule has 2 aromatic heterocycles. The van der Waals surface area contributed by atoms with Crippen molar-refractivity contribution in [2.24, 2.45) is 0 Å². The van der Waals surface area contributed by atoms with Crippen LogP contribution >= 0.6 is 11.3 Å². The van der Waals surface area contributed by atoms with Gasteiger partial charge in [-0.3, -0.25) is 0 Å². The first-order chi connectivity index (χ1) is 12.9. The van der Waals surface area contributed by atoms with Gasteiger partial charge in [0.05, 0.1) is 16.7 Å². The van der Waals surface area contributed by atoms with Crippen molar-refractivity contribution < 1.29 is 0 Å². The molecular formula is C21H20N4S. The van der Waals surface area contributed by atoms with Crippen molar-refractivity contribution >= 4 is 27.5 Å². The summed E-state index contributed by atoms with van der Waals surface area (Å²) >= 11 is 1.74. The van der Waals surface area contributed by atoms with Gasteiger partial charge in [-0.05, 0) is 25.0 Å². The van der Waals surface area contributed by atoms with E-state index < -0.39 is 0 Å². The van der Waals surface area contributed by atoms with Crippen LogP contribution in [0.25, 0.3) is 22.3 Å². The number of rotatable bonds is 3. The molecule has 0 spiro atoms. The molecule has 4 nitrogen and oxygen atoms in total. The quantitative estimate of drug-likeness (QED) is 0.555. The summed E-state index contributed by atoms with van der Waals surface area (Å²) in [6.45, 7) is 2.06. The lowest BCUT2D eigenvalue weighted by molar-refractivity contribution is 0.489. The second-order valence-electron chi connectivity index (χ2n) is 6.78. The highest BCUT2D eigenvalue weighted by molar-refractivity contribution is 7.14. The maximum absolute atomic E-state index is 4.86. The van der Waals surface area contributed by atoms with Crippen molar-refractivity contribution in [2.75, 3.05) is 18.0 Å². The molecule has 1 N–H and O–H groups in total. The molecule has 1 fully saturated rings. The molecule has 3 heterocycles. The number of benzene rings is 2. The number of nitrogens with one attached hydrogen (secondary N) is 1. The molecule has 0 radical (unpaired) electrons. The predicted octanol–water partition coefficient (Wildman–Crippen LogP) is 5.07. The van der Waals surface area contributed by atoms with E-state index in [-0.39, 0.29) is 0 Å². The van der Waals surface area contributed by atoms with Crippen LogP contribution < -0.4 is 4.90 Å². The lowest BCUT2D eigenvalue weighted by Crippen LogP contribution is -2.33. The number of imidazole rings is 1. The van der Waals surface area contributed by atoms with Crippen LogP contribution in [0.2, 0.25) is 0 Å². The Kier molecular flexibility index (Phi) is 3.94. The molecular weight excluding hydrogens is 340 g/mol. The topological polar surface area (TPSA) is 44.8 Å². The summed E-state index contributed by atoms with van der Waals surface area (Å²) in [5, 5.41) is 3.29. The largest absolute Gasteiger partial charge is 0.348 e. The molecule has 2 aromatic carbocycles. The van der Waals surface area contributed by atoms with Crippen molar-refractivity contribution in [3.8, 4) is 11.3 Å². The van der Waals surface area contributed by atoms with Crippen LogP contribution in [0.4, 0.5) is 5.13 Å². The molecule has 4 aromatic rings. The van der Waals surface area contributed by atoms with Gasteiger partial charge in [0.2, 0.25) is 0 Å². The molecule has 5 heteroatoms. The maximum atomic E-state index is 4.86. The summed E-state index contributed by atoms with van der Waals surface area (Å²) in [5.41, 5.74) is 4.46. The summed E-state index contributed by atoms with van der Waals surface area (Å²) < 4.78 is 0. The fourth-order valence-corrected chi connectivity index (χ4v) is 4.55. The Bertz CT molecular complexity index is 980. The zero-order valence-corrected chi connectivity index (χ0v) is 15.2. The van der Waals surface area contributed by atoms with Crippen LogP contribution in [0.3, 0.4) is 0 Å². The SMILES string of the molecule is c1ccc(-c2csc(N3CCC(c4nc5ccccc5[nH]4)CC3)n2)cc1. The number of hydrogen-bond donors (Lipinski definition) is 1. The van der Waals surface area contributed by atoms with Crippen LogP contribution in [0.15, 0.2) is 60.0 Å². The van der Waals surface area contributed by atoms with Gasteiger partial charge in [-0.1, -0.05) is 42.5 Å². The van der Waals surface area contributed by atoms with Gasteiger partial charge in [-0.2, -0.15) is 0 Å². The van der Waals surface area contributed by atoms with E-state index in [0.717, 1.165) is 53.6 Å². The average molecular weight is 360 g/mol. The lowest BCUT2D eigenvalue weighted by Gasteiger charge is -2.30. The molecule has 5 rings (SSSR count). The number of fused-ring (bicyclic) bond motifs is 1. The monoisotopic (exact) mass is 360 g/mol. The van der Waals surface area contributed by atoms with Crippen molar-refractivity contribution in [3.63, 3.8) is 0 Å². The highest BCUT2D eigenvalue weighted by atomic mass is 32.1. The van der Waals surface area contributed by atoms with Gasteiger partial charge in [-0.15, -0.1) is 11.3 Å². The minimum Gasteiger partial charge on any atom is -0.348 e. The number of H-pyrrole nitrogens is 1. The summed E-state index contributed by atoms with van der Waals surface area (Å²) in [4.78, 5) is 15.6. The first-order valence-electron chi connectivity index (χ1n) is 9.07. The molecule has 0 unspecified atom stereocenters. The minimum absolute atomic E-state index is 0.507. The van der Waals surface area contributed by atoms with E-state index in [1.807, 2.05) is 12.1 Å². The van der Waals surface area contributed by atoms with E-state index in [0.29, 0.717) is 5.92 Å². The highest BCUT2D eigenvalue weighted by Gasteiger charge is 2.24. The zero-order chi connectivity index (χ0) is 17.3. The third-order valence-electron chi connectivity index (χ3n) is 5.12. The molecule has 1 saturated heterocycles. The summed E-state index contributed by atoms with van der Waals surface area (Å²) in [7, 11) is 0. The second kappa shape index (κ2) is 6.57. The van der Waals surface area contributed by atoms with Gasteiger partial charge in [0.15, 0.2) is 5.13 Å². The summed E-state index contributed by atoms with van der Waals surface area (Å²) in [6.07, 6.45) is 2.22. The van der Waals surface area contributed by atoms with Crippen molar-refractivity contribution in [1.29, 1.82) is 0 Å². The third kappa shape index (κ3) is 2.88. The Labute approximate surface area is 156 Å². The summed E-state index contributed by atoms with van der Waals surface area (Å²) in [5.74, 6) is 1.64. The Balaban J connectivity index is 1.29. The number of anilines is 1. The van der Waals surface area contributed by atoms with Gasteiger partial charge in [0, 0.05) is 30.0 Å². The standard InChI is InChI=1S/C21H20N4S/c1-2-6-15(7-3-1)19-14-26-21(24-19)25-12-10-16(11-13-25)20-22-17-8-4-5-9-18(17)23-20/h1-9,14,16H,10-13H2,(H,22,23). The number of piperidine rings is 1. The zero-order valence-electron chi connectivity index (χ0n) is 14.4.